The minimum Gasteiger partial charge on any atom is -0.324 e. The van der Waals surface area contributed by atoms with Crippen molar-refractivity contribution in [1.82, 2.24) is 4.90 Å². The number of halogens is 2. The number of nitrogens with one attached hydrogen (secondary N) is 1. The van der Waals surface area contributed by atoms with E-state index < -0.39 is 5.91 Å². The molecule has 0 bridgehead atoms. The minimum atomic E-state index is -0.561. The molecule has 1 heterocycles. The van der Waals surface area contributed by atoms with E-state index in [9.17, 15) is 19.2 Å². The van der Waals surface area contributed by atoms with Crippen LogP contribution >= 0.6 is 27.5 Å². The lowest BCUT2D eigenvalue weighted by molar-refractivity contribution is -0.141. The van der Waals surface area contributed by atoms with Gasteiger partial charge in [0.15, 0.2) is 5.78 Å². The normalized spacial score (nSPS) is 13.8. The average Bonchev–Trinajstić information content (AvgIpc) is 2.95. The third-order valence-electron chi connectivity index (χ3n) is 4.08. The molecule has 0 aliphatic carbocycles. The topological polar surface area (TPSA) is 83.6 Å². The van der Waals surface area contributed by atoms with Crippen molar-refractivity contribution in [3.63, 3.8) is 0 Å². The zero-order valence-electron chi connectivity index (χ0n) is 14.0. The van der Waals surface area contributed by atoms with E-state index in [1.807, 2.05) is 0 Å². The molecule has 3 amide bonds. The van der Waals surface area contributed by atoms with E-state index in [-0.39, 0.29) is 48.2 Å². The molecule has 1 N–H and O–H groups in total. The van der Waals surface area contributed by atoms with Crippen molar-refractivity contribution < 1.29 is 19.2 Å². The number of carbonyl (C=O) groups is 4. The Kier molecular flexibility index (Phi) is 5.72. The van der Waals surface area contributed by atoms with Crippen LogP contribution in [-0.2, 0) is 14.4 Å². The SMILES string of the molecule is O=C(CN1C(=O)CCC1=O)Nc1ccc(Br)cc1C(=O)c1ccccc1Cl. The molecule has 1 fully saturated rings. The summed E-state index contributed by atoms with van der Waals surface area (Å²) in [5.74, 6) is -1.67. The largest absolute Gasteiger partial charge is 0.324 e. The predicted molar refractivity (Wildman–Crippen MR) is 104 cm³/mol. The highest BCUT2D eigenvalue weighted by molar-refractivity contribution is 9.10. The van der Waals surface area contributed by atoms with Crippen LogP contribution in [0.25, 0.3) is 0 Å². The van der Waals surface area contributed by atoms with E-state index in [0.717, 1.165) is 4.90 Å². The van der Waals surface area contributed by atoms with Gasteiger partial charge in [-0.25, -0.2) is 0 Å². The first kappa shape index (κ1) is 19.3. The van der Waals surface area contributed by atoms with Crippen LogP contribution in [0.1, 0.15) is 28.8 Å². The second-order valence-electron chi connectivity index (χ2n) is 5.92. The van der Waals surface area contributed by atoms with E-state index in [1.54, 1.807) is 42.5 Å². The molecule has 138 valence electrons. The Morgan fingerprint density at radius 2 is 1.70 bits per heavy atom. The monoisotopic (exact) mass is 448 g/mol. The molecular formula is C19H14BrClN2O4. The molecule has 6 nitrogen and oxygen atoms in total. The van der Waals surface area contributed by atoms with Gasteiger partial charge < -0.3 is 5.32 Å². The fraction of sp³-hybridized carbons (Fsp3) is 0.158. The number of amides is 3. The van der Waals surface area contributed by atoms with Crippen LogP contribution in [0.4, 0.5) is 5.69 Å². The van der Waals surface area contributed by atoms with Gasteiger partial charge in [0.25, 0.3) is 0 Å². The van der Waals surface area contributed by atoms with Crippen molar-refractivity contribution in [3.8, 4) is 0 Å². The summed E-state index contributed by atoms with van der Waals surface area (Å²) in [6.07, 6.45) is 0.223. The number of rotatable bonds is 5. The molecule has 1 aliphatic rings. The number of ketones is 1. The number of anilines is 1. The Labute approximate surface area is 168 Å². The number of hydrogen-bond donors (Lipinski definition) is 1. The molecule has 27 heavy (non-hydrogen) atoms. The highest BCUT2D eigenvalue weighted by Crippen LogP contribution is 2.27. The molecule has 2 aromatic carbocycles. The van der Waals surface area contributed by atoms with Crippen molar-refractivity contribution in [2.24, 2.45) is 0 Å². The van der Waals surface area contributed by atoms with E-state index in [4.69, 9.17) is 11.6 Å². The first-order chi connectivity index (χ1) is 12.9. The Bertz CT molecular complexity index is 944. The van der Waals surface area contributed by atoms with Crippen molar-refractivity contribution in [1.29, 1.82) is 0 Å². The van der Waals surface area contributed by atoms with Gasteiger partial charge in [0.2, 0.25) is 17.7 Å². The number of hydrogen-bond acceptors (Lipinski definition) is 4. The first-order valence-electron chi connectivity index (χ1n) is 8.08. The van der Waals surface area contributed by atoms with Crippen molar-refractivity contribution in [3.05, 3.63) is 63.1 Å². The molecule has 0 aromatic heterocycles. The summed E-state index contributed by atoms with van der Waals surface area (Å²) in [5, 5.41) is 2.91. The number of imide groups is 1. The van der Waals surface area contributed by atoms with Crippen LogP contribution in [0.3, 0.4) is 0 Å². The molecule has 0 atom stereocenters. The third-order valence-corrected chi connectivity index (χ3v) is 4.90. The highest BCUT2D eigenvalue weighted by Gasteiger charge is 2.30. The summed E-state index contributed by atoms with van der Waals surface area (Å²) >= 11 is 9.42. The molecule has 0 radical (unpaired) electrons. The Morgan fingerprint density at radius 1 is 1.04 bits per heavy atom. The molecule has 3 rings (SSSR count). The lowest BCUT2D eigenvalue weighted by atomic mass is 10.0. The van der Waals surface area contributed by atoms with E-state index in [1.165, 1.54) is 0 Å². The van der Waals surface area contributed by atoms with Gasteiger partial charge in [-0.15, -0.1) is 0 Å². The van der Waals surface area contributed by atoms with Gasteiger partial charge in [0.1, 0.15) is 6.54 Å². The number of nitrogens with zero attached hydrogens (tertiary/aromatic N) is 1. The molecule has 0 saturated carbocycles. The summed E-state index contributed by atoms with van der Waals surface area (Å²) in [7, 11) is 0. The van der Waals surface area contributed by atoms with Gasteiger partial charge in [-0.1, -0.05) is 39.7 Å². The second kappa shape index (κ2) is 8.02. The van der Waals surface area contributed by atoms with Gasteiger partial charge in [0.05, 0.1) is 10.7 Å². The first-order valence-corrected chi connectivity index (χ1v) is 9.25. The van der Waals surface area contributed by atoms with Crippen LogP contribution in [-0.4, -0.2) is 34.9 Å². The van der Waals surface area contributed by atoms with E-state index in [2.05, 4.69) is 21.2 Å². The summed E-state index contributed by atoms with van der Waals surface area (Å²) in [4.78, 5) is 49.5. The number of benzene rings is 2. The average molecular weight is 450 g/mol. The molecule has 2 aromatic rings. The summed E-state index contributed by atoms with van der Waals surface area (Å²) in [6.45, 7) is -0.381. The van der Waals surface area contributed by atoms with Crippen LogP contribution in [0.5, 0.6) is 0 Å². The quantitative estimate of drug-likeness (QED) is 0.560. The molecule has 8 heteroatoms. The van der Waals surface area contributed by atoms with Crippen molar-refractivity contribution in [2.75, 3.05) is 11.9 Å². The third kappa shape index (κ3) is 4.26. The molecule has 0 spiro atoms. The maximum atomic E-state index is 12.9. The van der Waals surface area contributed by atoms with Gasteiger partial charge in [-0.05, 0) is 30.3 Å². The maximum absolute atomic E-state index is 12.9. The van der Waals surface area contributed by atoms with E-state index >= 15 is 0 Å². The maximum Gasteiger partial charge on any atom is 0.244 e. The molecule has 1 aliphatic heterocycles. The lowest BCUT2D eigenvalue weighted by Gasteiger charge is -2.15. The second-order valence-corrected chi connectivity index (χ2v) is 7.24. The summed E-state index contributed by atoms with van der Waals surface area (Å²) < 4.78 is 0.654. The smallest absolute Gasteiger partial charge is 0.244 e. The summed E-state index contributed by atoms with van der Waals surface area (Å²) in [6, 6.07) is 11.4. The zero-order valence-corrected chi connectivity index (χ0v) is 16.3. The van der Waals surface area contributed by atoms with Crippen molar-refractivity contribution in [2.45, 2.75) is 12.8 Å². The lowest BCUT2D eigenvalue weighted by Crippen LogP contribution is -2.37. The summed E-state index contributed by atoms with van der Waals surface area (Å²) in [5.41, 5.74) is 0.815. The predicted octanol–water partition coefficient (Wildman–Crippen LogP) is 3.42. The fourth-order valence-corrected chi connectivity index (χ4v) is 3.32. The highest BCUT2D eigenvalue weighted by atomic mass is 79.9. The molecular weight excluding hydrogens is 436 g/mol. The van der Waals surface area contributed by atoms with Gasteiger partial charge in [-0.3, -0.25) is 24.1 Å². The minimum absolute atomic E-state index is 0.112. The van der Waals surface area contributed by atoms with Crippen molar-refractivity contribution >= 4 is 56.7 Å². The number of likely N-dealkylation sites (tertiary alicyclic amines) is 1. The van der Waals surface area contributed by atoms with E-state index in [0.29, 0.717) is 15.1 Å². The molecule has 1 saturated heterocycles. The van der Waals surface area contributed by atoms with Crippen LogP contribution in [0, 0.1) is 0 Å². The van der Waals surface area contributed by atoms with Crippen LogP contribution in [0.15, 0.2) is 46.9 Å². The zero-order chi connectivity index (χ0) is 19.6. The van der Waals surface area contributed by atoms with Gasteiger partial charge in [-0.2, -0.15) is 0 Å². The van der Waals surface area contributed by atoms with Gasteiger partial charge >= 0.3 is 0 Å². The fourth-order valence-electron chi connectivity index (χ4n) is 2.74. The van der Waals surface area contributed by atoms with Crippen LogP contribution < -0.4 is 5.32 Å². The number of carbonyl (C=O) groups excluding carboxylic acids is 4. The molecule has 0 unspecified atom stereocenters. The Balaban J connectivity index is 1.85. The van der Waals surface area contributed by atoms with Gasteiger partial charge in [0, 0.05) is 28.4 Å². The van der Waals surface area contributed by atoms with Crippen LogP contribution in [0.2, 0.25) is 5.02 Å². The Hall–Kier alpha value is -2.51. The standard InChI is InChI=1S/C19H14BrClN2O4/c20-11-5-6-15(22-16(24)10-23-17(25)7-8-18(23)26)13(9-11)19(27)12-3-1-2-4-14(12)21/h1-6,9H,7-8,10H2,(H,22,24). The Morgan fingerprint density at radius 3 is 2.37 bits per heavy atom.